The highest BCUT2D eigenvalue weighted by Gasteiger charge is 2.12. The highest BCUT2D eigenvalue weighted by molar-refractivity contribution is 5.55. The van der Waals surface area contributed by atoms with E-state index in [0.717, 1.165) is 25.3 Å². The zero-order valence-electron chi connectivity index (χ0n) is 9.24. The first kappa shape index (κ1) is 10.3. The zero-order chi connectivity index (χ0) is 10.7. The van der Waals surface area contributed by atoms with Crippen LogP contribution in [0.2, 0.25) is 0 Å². The molecule has 0 spiro atoms. The third kappa shape index (κ3) is 2.63. The van der Waals surface area contributed by atoms with Crippen LogP contribution in [0.1, 0.15) is 6.42 Å². The maximum Gasteiger partial charge on any atom is 0.0415 e. The Balaban J connectivity index is 2.09. The second-order valence-corrected chi connectivity index (χ2v) is 4.15. The Labute approximate surface area is 91.5 Å². The monoisotopic (exact) mass is 204 g/mol. The summed E-state index contributed by atoms with van der Waals surface area (Å²) >= 11 is 0. The van der Waals surface area contributed by atoms with Crippen LogP contribution in [0.5, 0.6) is 0 Å². The second-order valence-electron chi connectivity index (χ2n) is 4.15. The Bertz CT molecular complexity index is 324. The van der Waals surface area contributed by atoms with Gasteiger partial charge < -0.3 is 15.5 Å². The van der Waals surface area contributed by atoms with Crippen LogP contribution >= 0.6 is 0 Å². The first-order chi connectivity index (χ1) is 7.25. The van der Waals surface area contributed by atoms with E-state index in [4.69, 9.17) is 5.73 Å². The lowest BCUT2D eigenvalue weighted by Crippen LogP contribution is -2.28. The van der Waals surface area contributed by atoms with Gasteiger partial charge >= 0.3 is 0 Å². The van der Waals surface area contributed by atoms with E-state index in [1.165, 1.54) is 18.7 Å². The van der Waals surface area contributed by atoms with Crippen LogP contribution in [-0.4, -0.2) is 38.1 Å². The van der Waals surface area contributed by atoms with Crippen molar-refractivity contribution in [3.05, 3.63) is 24.3 Å². The number of anilines is 2. The highest BCUT2D eigenvalue weighted by Crippen LogP contribution is 2.18. The van der Waals surface area contributed by atoms with Gasteiger partial charge in [0, 0.05) is 37.1 Å². The first-order valence-corrected chi connectivity index (χ1v) is 5.46. The van der Waals surface area contributed by atoms with Gasteiger partial charge in [0.05, 0.1) is 0 Å². The van der Waals surface area contributed by atoms with E-state index >= 15 is 0 Å². The molecule has 1 aliphatic rings. The Kier molecular flexibility index (Phi) is 3.11. The lowest BCUT2D eigenvalue weighted by molar-refractivity contribution is 0.360. The van der Waals surface area contributed by atoms with Crippen LogP contribution in [-0.2, 0) is 0 Å². The minimum atomic E-state index is 0.727. The number of nitrogens with zero attached hydrogens (tertiary/aromatic N) is 2. The molecular formula is C12H18N3. The van der Waals surface area contributed by atoms with Crippen molar-refractivity contribution in [2.75, 3.05) is 43.9 Å². The topological polar surface area (TPSA) is 32.5 Å². The number of hydrogen-bond acceptors (Lipinski definition) is 3. The summed E-state index contributed by atoms with van der Waals surface area (Å²) in [5.74, 6) is 0. The molecule has 0 unspecified atom stereocenters. The van der Waals surface area contributed by atoms with Gasteiger partial charge in [0.2, 0.25) is 0 Å². The first-order valence-electron chi connectivity index (χ1n) is 5.46. The zero-order valence-corrected chi connectivity index (χ0v) is 9.24. The van der Waals surface area contributed by atoms with Crippen LogP contribution in [0, 0.1) is 6.07 Å². The van der Waals surface area contributed by atoms with Gasteiger partial charge in [-0.3, -0.25) is 0 Å². The maximum atomic E-state index is 5.74. The average molecular weight is 204 g/mol. The van der Waals surface area contributed by atoms with Gasteiger partial charge in [-0.2, -0.15) is 0 Å². The fourth-order valence-corrected chi connectivity index (χ4v) is 1.97. The van der Waals surface area contributed by atoms with E-state index in [0.29, 0.717) is 0 Å². The fourth-order valence-electron chi connectivity index (χ4n) is 1.97. The maximum absolute atomic E-state index is 5.74. The summed E-state index contributed by atoms with van der Waals surface area (Å²) in [7, 11) is 2.18. The van der Waals surface area contributed by atoms with Crippen molar-refractivity contribution in [2.45, 2.75) is 6.42 Å². The lowest BCUT2D eigenvalue weighted by Gasteiger charge is -2.22. The van der Waals surface area contributed by atoms with Crippen LogP contribution in [0.15, 0.2) is 18.2 Å². The summed E-state index contributed by atoms with van der Waals surface area (Å²) in [6, 6.07) is 8.97. The molecule has 0 aromatic heterocycles. The Morgan fingerprint density at radius 3 is 2.93 bits per heavy atom. The SMILES string of the molecule is CN1CCCN(c2cc[c]c(N)c2)CC1. The molecule has 1 fully saturated rings. The molecule has 1 saturated heterocycles. The molecule has 1 radical (unpaired) electrons. The van der Waals surface area contributed by atoms with Crippen molar-refractivity contribution in [1.82, 2.24) is 4.90 Å². The van der Waals surface area contributed by atoms with Gasteiger partial charge in [-0.05, 0) is 32.1 Å². The van der Waals surface area contributed by atoms with Gasteiger partial charge in [0.25, 0.3) is 0 Å². The van der Waals surface area contributed by atoms with E-state index in [9.17, 15) is 0 Å². The van der Waals surface area contributed by atoms with Gasteiger partial charge in [-0.25, -0.2) is 0 Å². The molecule has 0 atom stereocenters. The minimum absolute atomic E-state index is 0.727. The largest absolute Gasteiger partial charge is 0.398 e. The Morgan fingerprint density at radius 1 is 1.27 bits per heavy atom. The normalized spacial score (nSPS) is 18.9. The quantitative estimate of drug-likeness (QED) is 0.698. The van der Waals surface area contributed by atoms with Gasteiger partial charge in [0.1, 0.15) is 0 Å². The van der Waals surface area contributed by atoms with Crippen molar-refractivity contribution in [3.8, 4) is 0 Å². The van der Waals surface area contributed by atoms with Crippen molar-refractivity contribution in [3.63, 3.8) is 0 Å². The molecule has 1 aromatic rings. The summed E-state index contributed by atoms with van der Waals surface area (Å²) in [6.45, 7) is 4.51. The van der Waals surface area contributed by atoms with E-state index < -0.39 is 0 Å². The van der Waals surface area contributed by atoms with Crippen molar-refractivity contribution in [1.29, 1.82) is 0 Å². The average Bonchev–Trinajstić information content (AvgIpc) is 2.43. The molecule has 81 valence electrons. The number of likely N-dealkylation sites (N-methyl/N-ethyl adjacent to an activating group) is 1. The molecule has 0 aliphatic carbocycles. The molecule has 0 saturated carbocycles. The number of benzene rings is 1. The lowest BCUT2D eigenvalue weighted by atomic mass is 10.2. The van der Waals surface area contributed by atoms with Crippen molar-refractivity contribution < 1.29 is 0 Å². The smallest absolute Gasteiger partial charge is 0.0415 e. The summed E-state index contributed by atoms with van der Waals surface area (Å²) in [5, 5.41) is 0. The van der Waals surface area contributed by atoms with Crippen LogP contribution < -0.4 is 10.6 Å². The van der Waals surface area contributed by atoms with Crippen LogP contribution in [0.3, 0.4) is 0 Å². The molecule has 2 N–H and O–H groups in total. The predicted octanol–water partition coefficient (Wildman–Crippen LogP) is 1.21. The molecule has 0 amide bonds. The molecule has 0 bridgehead atoms. The molecule has 3 heteroatoms. The van der Waals surface area contributed by atoms with Crippen molar-refractivity contribution in [2.24, 2.45) is 0 Å². The molecule has 1 aliphatic heterocycles. The number of nitrogens with two attached hydrogens (primary N) is 1. The summed E-state index contributed by atoms with van der Waals surface area (Å²) in [5.41, 5.74) is 7.69. The van der Waals surface area contributed by atoms with E-state index in [-0.39, 0.29) is 0 Å². The Hall–Kier alpha value is -1.22. The number of hydrogen-bond donors (Lipinski definition) is 1. The van der Waals surface area contributed by atoms with E-state index in [2.05, 4.69) is 29.0 Å². The van der Waals surface area contributed by atoms with Gasteiger partial charge in [-0.1, -0.05) is 6.07 Å². The van der Waals surface area contributed by atoms with Gasteiger partial charge in [-0.15, -0.1) is 0 Å². The predicted molar refractivity (Wildman–Crippen MR) is 64.0 cm³/mol. The summed E-state index contributed by atoms with van der Waals surface area (Å²) in [6.07, 6.45) is 1.22. The number of rotatable bonds is 1. The fraction of sp³-hybridized carbons (Fsp3) is 0.500. The molecule has 1 heterocycles. The molecule has 2 rings (SSSR count). The molecule has 15 heavy (non-hydrogen) atoms. The Morgan fingerprint density at radius 2 is 2.13 bits per heavy atom. The third-order valence-electron chi connectivity index (χ3n) is 2.89. The standard InChI is InChI=1S/C12H18N3/c1-14-6-3-7-15(9-8-14)12-5-2-4-11(13)10-12/h2,5,10H,3,6-9,13H2,1H3. The van der Waals surface area contributed by atoms with Gasteiger partial charge in [0.15, 0.2) is 0 Å². The summed E-state index contributed by atoms with van der Waals surface area (Å²) < 4.78 is 0. The summed E-state index contributed by atoms with van der Waals surface area (Å²) in [4.78, 5) is 4.77. The van der Waals surface area contributed by atoms with E-state index in [1.807, 2.05) is 12.1 Å². The van der Waals surface area contributed by atoms with Crippen LogP contribution in [0.4, 0.5) is 11.4 Å². The molecule has 1 aromatic carbocycles. The number of nitrogen functional groups attached to an aromatic ring is 1. The molecule has 3 nitrogen and oxygen atoms in total. The van der Waals surface area contributed by atoms with Crippen molar-refractivity contribution >= 4 is 11.4 Å². The third-order valence-corrected chi connectivity index (χ3v) is 2.89. The minimum Gasteiger partial charge on any atom is -0.398 e. The second kappa shape index (κ2) is 4.53. The van der Waals surface area contributed by atoms with E-state index in [1.54, 1.807) is 0 Å². The highest BCUT2D eigenvalue weighted by atomic mass is 15.2. The molecular weight excluding hydrogens is 186 g/mol. The van der Waals surface area contributed by atoms with Crippen LogP contribution in [0.25, 0.3) is 0 Å².